The quantitative estimate of drug-likeness (QED) is 0.872. The summed E-state index contributed by atoms with van der Waals surface area (Å²) in [4.78, 5) is 24.2. The Bertz CT molecular complexity index is 560. The first-order chi connectivity index (χ1) is 10.4. The molecule has 0 saturated carbocycles. The van der Waals surface area contributed by atoms with E-state index in [0.717, 1.165) is 6.42 Å². The topological polar surface area (TPSA) is 75.6 Å². The molecule has 3 atom stereocenters. The highest BCUT2D eigenvalue weighted by molar-refractivity contribution is 6.30. The lowest BCUT2D eigenvalue weighted by molar-refractivity contribution is -0.150. The van der Waals surface area contributed by atoms with Crippen LogP contribution in [0.15, 0.2) is 24.3 Å². The number of halogens is 1. The zero-order valence-corrected chi connectivity index (χ0v) is 13.4. The van der Waals surface area contributed by atoms with Gasteiger partial charge in [-0.15, -0.1) is 0 Å². The van der Waals surface area contributed by atoms with Gasteiger partial charge in [0, 0.05) is 5.02 Å². The Balaban J connectivity index is 2.27. The van der Waals surface area contributed by atoms with E-state index in [2.05, 4.69) is 5.32 Å². The van der Waals surface area contributed by atoms with Crippen molar-refractivity contribution in [2.75, 3.05) is 0 Å². The van der Waals surface area contributed by atoms with Gasteiger partial charge in [0.15, 0.2) is 5.54 Å². The molecule has 0 spiro atoms. The van der Waals surface area contributed by atoms with E-state index in [-0.39, 0.29) is 18.4 Å². The molecule has 1 amide bonds. The molecule has 3 unspecified atom stereocenters. The van der Waals surface area contributed by atoms with Crippen molar-refractivity contribution in [3.8, 4) is 0 Å². The Labute approximate surface area is 134 Å². The van der Waals surface area contributed by atoms with Gasteiger partial charge in [-0.2, -0.15) is 0 Å². The van der Waals surface area contributed by atoms with Gasteiger partial charge < -0.3 is 15.2 Å². The number of amides is 1. The van der Waals surface area contributed by atoms with Crippen LogP contribution in [0.25, 0.3) is 0 Å². The first kappa shape index (κ1) is 16.8. The Morgan fingerprint density at radius 1 is 1.36 bits per heavy atom. The molecular formula is C16H20ClNO4. The standard InChI is InChI=1S/C16H20ClNO4/c1-3-16(15(20)21,11-5-7-12(17)8-6-11)18-14(19)13-9-4-10(2)22-13/h5-8,10,13H,3-4,9H2,1-2H3,(H,18,19)(H,20,21). The zero-order chi connectivity index (χ0) is 16.3. The number of rotatable bonds is 5. The van der Waals surface area contributed by atoms with Gasteiger partial charge in [0.2, 0.25) is 5.91 Å². The molecule has 1 heterocycles. The van der Waals surface area contributed by atoms with Crippen molar-refractivity contribution in [1.29, 1.82) is 0 Å². The molecular weight excluding hydrogens is 306 g/mol. The molecule has 1 saturated heterocycles. The molecule has 120 valence electrons. The summed E-state index contributed by atoms with van der Waals surface area (Å²) in [6.45, 7) is 3.62. The van der Waals surface area contributed by atoms with Gasteiger partial charge >= 0.3 is 5.97 Å². The number of ether oxygens (including phenoxy) is 1. The molecule has 1 aromatic carbocycles. The number of carboxylic acids is 1. The SMILES string of the molecule is CCC(NC(=O)C1CCC(C)O1)(C(=O)O)c1ccc(Cl)cc1. The molecule has 22 heavy (non-hydrogen) atoms. The molecule has 1 aromatic rings. The van der Waals surface area contributed by atoms with E-state index in [1.165, 1.54) is 0 Å². The average molecular weight is 326 g/mol. The van der Waals surface area contributed by atoms with Crippen LogP contribution in [-0.4, -0.2) is 29.2 Å². The molecule has 0 radical (unpaired) electrons. The van der Waals surface area contributed by atoms with Crippen molar-refractivity contribution in [2.45, 2.75) is 50.9 Å². The minimum atomic E-state index is -1.48. The maximum absolute atomic E-state index is 12.4. The second-order valence-corrected chi connectivity index (χ2v) is 6.01. The molecule has 0 aliphatic carbocycles. The van der Waals surface area contributed by atoms with Gasteiger partial charge in [0.05, 0.1) is 6.10 Å². The van der Waals surface area contributed by atoms with Gasteiger partial charge in [-0.05, 0) is 43.9 Å². The number of nitrogens with one attached hydrogen (secondary N) is 1. The number of hydrogen-bond acceptors (Lipinski definition) is 3. The van der Waals surface area contributed by atoms with Gasteiger partial charge in [0.1, 0.15) is 6.10 Å². The molecule has 6 heteroatoms. The summed E-state index contributed by atoms with van der Waals surface area (Å²) in [5, 5.41) is 12.9. The highest BCUT2D eigenvalue weighted by atomic mass is 35.5. The van der Waals surface area contributed by atoms with E-state index in [0.29, 0.717) is 17.0 Å². The molecule has 2 N–H and O–H groups in total. The summed E-state index contributed by atoms with van der Waals surface area (Å²) in [6.07, 6.45) is 1.05. The summed E-state index contributed by atoms with van der Waals surface area (Å²) in [5.74, 6) is -1.49. The molecule has 0 bridgehead atoms. The van der Waals surface area contributed by atoms with Crippen molar-refractivity contribution >= 4 is 23.5 Å². The molecule has 1 aliphatic heterocycles. The highest BCUT2D eigenvalue weighted by Crippen LogP contribution is 2.28. The third-order valence-electron chi connectivity index (χ3n) is 4.09. The number of aliphatic carboxylic acids is 1. The normalized spacial score (nSPS) is 23.8. The lowest BCUT2D eigenvalue weighted by atomic mass is 9.87. The fraction of sp³-hybridized carbons (Fsp3) is 0.500. The van der Waals surface area contributed by atoms with Crippen LogP contribution >= 0.6 is 11.6 Å². The fourth-order valence-corrected chi connectivity index (χ4v) is 2.84. The van der Waals surface area contributed by atoms with E-state index in [1.807, 2.05) is 6.92 Å². The Morgan fingerprint density at radius 2 is 2.00 bits per heavy atom. The summed E-state index contributed by atoms with van der Waals surface area (Å²) in [5.41, 5.74) is -0.983. The van der Waals surface area contributed by atoms with E-state index in [9.17, 15) is 14.7 Å². The molecule has 5 nitrogen and oxygen atoms in total. The second-order valence-electron chi connectivity index (χ2n) is 5.57. The maximum atomic E-state index is 12.4. The van der Waals surface area contributed by atoms with Gasteiger partial charge in [0.25, 0.3) is 0 Å². The summed E-state index contributed by atoms with van der Waals surface area (Å²) in [7, 11) is 0. The van der Waals surface area contributed by atoms with Crippen LogP contribution in [0.2, 0.25) is 5.02 Å². The van der Waals surface area contributed by atoms with E-state index in [1.54, 1.807) is 31.2 Å². The lowest BCUT2D eigenvalue weighted by Crippen LogP contribution is -2.54. The van der Waals surface area contributed by atoms with Gasteiger partial charge in [-0.3, -0.25) is 4.79 Å². The van der Waals surface area contributed by atoms with Crippen LogP contribution in [0, 0.1) is 0 Å². The van der Waals surface area contributed by atoms with E-state index in [4.69, 9.17) is 16.3 Å². The fourth-order valence-electron chi connectivity index (χ4n) is 2.71. The van der Waals surface area contributed by atoms with Crippen LogP contribution < -0.4 is 5.32 Å². The lowest BCUT2D eigenvalue weighted by Gasteiger charge is -2.31. The summed E-state index contributed by atoms with van der Waals surface area (Å²) >= 11 is 5.86. The second kappa shape index (κ2) is 6.67. The molecule has 1 aliphatic rings. The van der Waals surface area contributed by atoms with Crippen LogP contribution in [0.5, 0.6) is 0 Å². The van der Waals surface area contributed by atoms with Crippen molar-refractivity contribution in [3.05, 3.63) is 34.9 Å². The highest BCUT2D eigenvalue weighted by Gasteiger charge is 2.42. The third kappa shape index (κ3) is 3.25. The van der Waals surface area contributed by atoms with Crippen LogP contribution in [0.3, 0.4) is 0 Å². The van der Waals surface area contributed by atoms with Gasteiger partial charge in [-0.1, -0.05) is 30.7 Å². The summed E-state index contributed by atoms with van der Waals surface area (Å²) < 4.78 is 5.52. The maximum Gasteiger partial charge on any atom is 0.334 e. The number of benzene rings is 1. The number of carbonyl (C=O) groups excluding carboxylic acids is 1. The number of carbonyl (C=O) groups is 2. The number of hydrogen-bond donors (Lipinski definition) is 2. The van der Waals surface area contributed by atoms with Crippen molar-refractivity contribution in [3.63, 3.8) is 0 Å². The van der Waals surface area contributed by atoms with E-state index < -0.39 is 17.6 Å². The smallest absolute Gasteiger partial charge is 0.334 e. The molecule has 1 fully saturated rings. The third-order valence-corrected chi connectivity index (χ3v) is 4.35. The van der Waals surface area contributed by atoms with Crippen LogP contribution in [0.4, 0.5) is 0 Å². The van der Waals surface area contributed by atoms with Crippen molar-refractivity contribution in [1.82, 2.24) is 5.32 Å². The molecule has 2 rings (SSSR count). The largest absolute Gasteiger partial charge is 0.479 e. The average Bonchev–Trinajstić information content (AvgIpc) is 2.92. The first-order valence-corrected chi connectivity index (χ1v) is 7.73. The summed E-state index contributed by atoms with van der Waals surface area (Å²) in [6, 6.07) is 6.48. The monoisotopic (exact) mass is 325 g/mol. The Hall–Kier alpha value is -1.59. The minimum Gasteiger partial charge on any atom is -0.479 e. The predicted octanol–water partition coefficient (Wildman–Crippen LogP) is 2.71. The Kier molecular flexibility index (Phi) is 5.08. The van der Waals surface area contributed by atoms with E-state index >= 15 is 0 Å². The van der Waals surface area contributed by atoms with Gasteiger partial charge in [-0.25, -0.2) is 4.79 Å². The first-order valence-electron chi connectivity index (χ1n) is 7.36. The Morgan fingerprint density at radius 3 is 2.45 bits per heavy atom. The van der Waals surface area contributed by atoms with Crippen molar-refractivity contribution < 1.29 is 19.4 Å². The van der Waals surface area contributed by atoms with Crippen LogP contribution in [0.1, 0.15) is 38.7 Å². The predicted molar refractivity (Wildman–Crippen MR) is 82.8 cm³/mol. The van der Waals surface area contributed by atoms with Crippen molar-refractivity contribution in [2.24, 2.45) is 0 Å². The zero-order valence-electron chi connectivity index (χ0n) is 12.6. The number of carboxylic acid groups (broad SMARTS) is 1. The minimum absolute atomic E-state index is 0.0205. The van der Waals surface area contributed by atoms with Crippen LogP contribution in [-0.2, 0) is 19.9 Å². The molecule has 0 aromatic heterocycles.